The lowest BCUT2D eigenvalue weighted by molar-refractivity contribution is 0.0606. The van der Waals surface area contributed by atoms with Crippen molar-refractivity contribution < 1.29 is 9.53 Å². The second-order valence-corrected chi connectivity index (χ2v) is 3.60. The van der Waals surface area contributed by atoms with Gasteiger partial charge in [-0.1, -0.05) is 6.92 Å². The van der Waals surface area contributed by atoms with Gasteiger partial charge in [0.1, 0.15) is 4.88 Å². The molecular weight excluding hydrogens is 171 g/mol. The normalized spacial score (nSPS) is 12.5. The fraction of sp³-hybridized carbons (Fsp3) is 0.375. The first-order valence-corrected chi connectivity index (χ1v) is 4.40. The predicted octanol–water partition coefficient (Wildman–Crippen LogP) is 1.76. The second-order valence-electron chi connectivity index (χ2n) is 2.48. The van der Waals surface area contributed by atoms with E-state index >= 15 is 0 Å². The molecule has 0 amide bonds. The molecule has 0 spiro atoms. The molecule has 0 unspecified atom stereocenters. The molecule has 12 heavy (non-hydrogen) atoms. The highest BCUT2D eigenvalue weighted by Crippen LogP contribution is 2.22. The van der Waals surface area contributed by atoms with Crippen LogP contribution in [0.1, 0.15) is 27.3 Å². The highest BCUT2D eigenvalue weighted by atomic mass is 32.1. The van der Waals surface area contributed by atoms with E-state index in [-0.39, 0.29) is 11.8 Å². The van der Waals surface area contributed by atoms with Crippen LogP contribution in [0, 0.1) is 0 Å². The van der Waals surface area contributed by atoms with Crippen molar-refractivity contribution in [2.45, 2.75) is 12.7 Å². The van der Waals surface area contributed by atoms with Gasteiger partial charge in [-0.3, -0.25) is 0 Å². The van der Waals surface area contributed by atoms with E-state index in [1.54, 1.807) is 6.07 Å². The molecule has 4 heteroatoms. The molecule has 0 N–H and O–H groups in total. The second kappa shape index (κ2) is 3.76. The summed E-state index contributed by atoms with van der Waals surface area (Å²) in [6.07, 6.45) is 0. The highest BCUT2D eigenvalue weighted by molar-refractivity contribution is 7.14. The lowest BCUT2D eigenvalue weighted by atomic mass is 9.88. The van der Waals surface area contributed by atoms with Gasteiger partial charge in [-0.15, -0.1) is 11.3 Å². The molecule has 0 aliphatic rings. The van der Waals surface area contributed by atoms with Crippen molar-refractivity contribution in [2.75, 3.05) is 7.11 Å². The third-order valence-corrected chi connectivity index (χ3v) is 2.73. The zero-order valence-electron chi connectivity index (χ0n) is 7.03. The van der Waals surface area contributed by atoms with Gasteiger partial charge in [-0.05, 0) is 22.8 Å². The molecule has 2 radical (unpaired) electrons. The largest absolute Gasteiger partial charge is 0.465 e. The molecule has 62 valence electrons. The van der Waals surface area contributed by atoms with Crippen molar-refractivity contribution >= 4 is 25.2 Å². The smallest absolute Gasteiger partial charge is 0.348 e. The number of thiophene rings is 1. The van der Waals surface area contributed by atoms with E-state index in [0.717, 1.165) is 4.88 Å². The molecule has 1 atom stereocenters. The Bertz CT molecular complexity index is 280. The minimum absolute atomic E-state index is 0.0200. The SMILES string of the molecule is [B][C@@H](C)c1ccc(C(=O)OC)s1. The third kappa shape index (κ3) is 1.88. The molecule has 1 rings (SSSR count). The van der Waals surface area contributed by atoms with E-state index in [9.17, 15) is 4.79 Å². The average Bonchev–Trinajstić information content (AvgIpc) is 2.51. The number of carbonyl (C=O) groups is 1. The van der Waals surface area contributed by atoms with Gasteiger partial charge in [0, 0.05) is 0 Å². The van der Waals surface area contributed by atoms with Crippen molar-refractivity contribution in [1.82, 2.24) is 0 Å². The third-order valence-electron chi connectivity index (χ3n) is 1.46. The van der Waals surface area contributed by atoms with Crippen LogP contribution >= 0.6 is 11.3 Å². The Morgan fingerprint density at radius 3 is 2.75 bits per heavy atom. The minimum Gasteiger partial charge on any atom is -0.465 e. The van der Waals surface area contributed by atoms with E-state index in [0.29, 0.717) is 4.88 Å². The Hall–Kier alpha value is -0.765. The van der Waals surface area contributed by atoms with Gasteiger partial charge >= 0.3 is 5.97 Å². The Labute approximate surface area is 77.0 Å². The maximum absolute atomic E-state index is 11.0. The molecule has 0 aliphatic heterocycles. The number of hydrogen-bond donors (Lipinski definition) is 0. The molecule has 0 aromatic carbocycles. The predicted molar refractivity (Wildman–Crippen MR) is 49.8 cm³/mol. The molecular formula is C8H9BO2S. The summed E-state index contributed by atoms with van der Waals surface area (Å²) in [4.78, 5) is 12.6. The average molecular weight is 180 g/mol. The summed E-state index contributed by atoms with van der Waals surface area (Å²) in [6.45, 7) is 1.88. The number of rotatable bonds is 2. The molecule has 2 nitrogen and oxygen atoms in total. The zero-order valence-corrected chi connectivity index (χ0v) is 7.85. The molecule has 0 saturated heterocycles. The number of methoxy groups -OCH3 is 1. The van der Waals surface area contributed by atoms with Crippen LogP contribution in [0.15, 0.2) is 12.1 Å². The summed E-state index contributed by atoms with van der Waals surface area (Å²) in [5.74, 6) is -0.319. The van der Waals surface area contributed by atoms with Gasteiger partial charge in [0.05, 0.1) is 15.0 Å². The van der Waals surface area contributed by atoms with E-state index in [1.807, 2.05) is 13.0 Å². The van der Waals surface area contributed by atoms with Crippen molar-refractivity contribution in [1.29, 1.82) is 0 Å². The van der Waals surface area contributed by atoms with E-state index in [2.05, 4.69) is 4.74 Å². The summed E-state index contributed by atoms with van der Waals surface area (Å²) in [5.41, 5.74) is 0. The number of carbonyl (C=O) groups excluding carboxylic acids is 1. The lowest BCUT2D eigenvalue weighted by Crippen LogP contribution is -1.96. The fourth-order valence-electron chi connectivity index (χ4n) is 0.808. The molecule has 0 aliphatic carbocycles. The van der Waals surface area contributed by atoms with Crippen LogP contribution in [-0.2, 0) is 4.74 Å². The number of ether oxygens (including phenoxy) is 1. The van der Waals surface area contributed by atoms with Gasteiger partial charge in [0.15, 0.2) is 0 Å². The monoisotopic (exact) mass is 180 g/mol. The Kier molecular flexibility index (Phi) is 2.92. The first-order valence-electron chi connectivity index (χ1n) is 3.58. The van der Waals surface area contributed by atoms with Gasteiger partial charge in [-0.2, -0.15) is 0 Å². The highest BCUT2D eigenvalue weighted by Gasteiger charge is 2.09. The Morgan fingerprint density at radius 2 is 2.33 bits per heavy atom. The fourth-order valence-corrected chi connectivity index (χ4v) is 1.69. The minimum atomic E-state index is -0.299. The van der Waals surface area contributed by atoms with Crippen LogP contribution in [-0.4, -0.2) is 20.9 Å². The maximum atomic E-state index is 11.0. The molecule has 1 aromatic rings. The van der Waals surface area contributed by atoms with Crippen molar-refractivity contribution in [3.8, 4) is 0 Å². The molecule has 0 saturated carbocycles. The lowest BCUT2D eigenvalue weighted by Gasteiger charge is -1.97. The van der Waals surface area contributed by atoms with Crippen molar-refractivity contribution in [2.24, 2.45) is 0 Å². The van der Waals surface area contributed by atoms with Crippen LogP contribution in [0.4, 0.5) is 0 Å². The van der Waals surface area contributed by atoms with E-state index in [4.69, 9.17) is 7.85 Å². The summed E-state index contributed by atoms with van der Waals surface area (Å²) in [7, 11) is 7.00. The van der Waals surface area contributed by atoms with Gasteiger partial charge in [0.25, 0.3) is 0 Å². The van der Waals surface area contributed by atoms with Gasteiger partial charge in [0.2, 0.25) is 0 Å². The van der Waals surface area contributed by atoms with Gasteiger partial charge < -0.3 is 4.74 Å². The molecule has 0 bridgehead atoms. The molecule has 0 fully saturated rings. The standard InChI is InChI=1S/C8H9BO2S/c1-5(9)6-3-4-7(12-6)8(10)11-2/h3-5H,1-2H3/t5-/m0/s1. The van der Waals surface area contributed by atoms with Crippen LogP contribution in [0.2, 0.25) is 0 Å². The molecule has 1 heterocycles. The topological polar surface area (TPSA) is 26.3 Å². The Balaban J connectivity index is 2.84. The number of hydrogen-bond acceptors (Lipinski definition) is 3. The summed E-state index contributed by atoms with van der Waals surface area (Å²) >= 11 is 1.37. The van der Waals surface area contributed by atoms with Crippen LogP contribution < -0.4 is 0 Å². The molecule has 1 aromatic heterocycles. The van der Waals surface area contributed by atoms with Crippen molar-refractivity contribution in [3.63, 3.8) is 0 Å². The Morgan fingerprint density at radius 1 is 1.67 bits per heavy atom. The maximum Gasteiger partial charge on any atom is 0.348 e. The van der Waals surface area contributed by atoms with Crippen LogP contribution in [0.25, 0.3) is 0 Å². The first-order chi connectivity index (χ1) is 5.65. The number of esters is 1. The first kappa shape index (κ1) is 9.32. The van der Waals surface area contributed by atoms with Crippen LogP contribution in [0.5, 0.6) is 0 Å². The zero-order chi connectivity index (χ0) is 9.14. The summed E-state index contributed by atoms with van der Waals surface area (Å²) in [5, 5.41) is 0. The van der Waals surface area contributed by atoms with Gasteiger partial charge in [-0.25, -0.2) is 4.79 Å². The van der Waals surface area contributed by atoms with Crippen LogP contribution in [0.3, 0.4) is 0 Å². The summed E-state index contributed by atoms with van der Waals surface area (Å²) in [6, 6.07) is 3.58. The van der Waals surface area contributed by atoms with Crippen molar-refractivity contribution in [3.05, 3.63) is 21.9 Å². The summed E-state index contributed by atoms with van der Waals surface area (Å²) < 4.78 is 4.56. The quantitative estimate of drug-likeness (QED) is 0.512. The van der Waals surface area contributed by atoms with E-state index in [1.165, 1.54) is 18.4 Å². The van der Waals surface area contributed by atoms with E-state index < -0.39 is 0 Å².